The number of ether oxygens (including phenoxy) is 1. The number of aryl methyl sites for hydroxylation is 1. The minimum atomic E-state index is -3.73. The molecule has 1 saturated heterocycles. The number of nitrogens with zero attached hydrogens (tertiary/aromatic N) is 3. The molecule has 4 rings (SSSR count). The Labute approximate surface area is 196 Å². The van der Waals surface area contributed by atoms with Gasteiger partial charge in [0, 0.05) is 37.6 Å². The molecule has 1 fully saturated rings. The second-order valence-corrected chi connectivity index (χ2v) is 10.2. The van der Waals surface area contributed by atoms with Crippen LogP contribution in [0.2, 0.25) is 10.0 Å². The Morgan fingerprint density at radius 1 is 1.00 bits per heavy atom. The first-order chi connectivity index (χ1) is 15.2. The maximum Gasteiger partial charge on any atom is 0.255 e. The summed E-state index contributed by atoms with van der Waals surface area (Å²) in [7, 11) is -2.14. The number of halogens is 2. The second kappa shape index (κ2) is 8.86. The first-order valence-corrected chi connectivity index (χ1v) is 12.1. The Hall–Kier alpha value is -2.39. The van der Waals surface area contributed by atoms with Crippen LogP contribution in [0.1, 0.15) is 16.1 Å². The van der Waals surface area contributed by atoms with Crippen molar-refractivity contribution in [2.45, 2.75) is 11.8 Å². The van der Waals surface area contributed by atoms with E-state index in [9.17, 15) is 13.2 Å². The molecule has 2 aromatic carbocycles. The largest absolute Gasteiger partial charge is 0.497 e. The number of pyridine rings is 1. The van der Waals surface area contributed by atoms with Crippen molar-refractivity contribution in [2.75, 3.05) is 33.3 Å². The first kappa shape index (κ1) is 22.8. The standard InChI is InChI=1S/C22H21Cl2N3O4S/c1-14-18(11-15-3-4-16(31-2)12-21(15)25-14)22(28)26-7-9-27(10-8-26)32(29,30)17-5-6-19(23)20(24)13-17/h3-6,11-13H,7-10H2,1-2H3. The third-order valence-corrected chi connectivity index (χ3v) is 8.13. The molecule has 168 valence electrons. The van der Waals surface area contributed by atoms with Gasteiger partial charge in [0.2, 0.25) is 10.0 Å². The Morgan fingerprint density at radius 2 is 1.72 bits per heavy atom. The summed E-state index contributed by atoms with van der Waals surface area (Å²) in [4.78, 5) is 19.4. The van der Waals surface area contributed by atoms with Gasteiger partial charge in [-0.05, 0) is 43.3 Å². The summed E-state index contributed by atoms with van der Waals surface area (Å²) in [6.07, 6.45) is 0. The van der Waals surface area contributed by atoms with E-state index in [0.29, 0.717) is 22.0 Å². The van der Waals surface area contributed by atoms with Crippen LogP contribution in [0.15, 0.2) is 47.4 Å². The van der Waals surface area contributed by atoms with Gasteiger partial charge in [-0.3, -0.25) is 9.78 Å². The zero-order valence-electron chi connectivity index (χ0n) is 17.5. The van der Waals surface area contributed by atoms with E-state index in [4.69, 9.17) is 27.9 Å². The van der Waals surface area contributed by atoms with Gasteiger partial charge < -0.3 is 9.64 Å². The van der Waals surface area contributed by atoms with Gasteiger partial charge in [0.15, 0.2) is 0 Å². The Morgan fingerprint density at radius 3 is 2.38 bits per heavy atom. The van der Waals surface area contributed by atoms with Gasteiger partial charge in [0.25, 0.3) is 5.91 Å². The van der Waals surface area contributed by atoms with Crippen molar-refractivity contribution in [1.29, 1.82) is 0 Å². The zero-order chi connectivity index (χ0) is 23.0. The summed E-state index contributed by atoms with van der Waals surface area (Å²) in [6, 6.07) is 11.6. The normalized spacial score (nSPS) is 15.2. The van der Waals surface area contributed by atoms with Crippen molar-refractivity contribution in [3.05, 3.63) is 63.8 Å². The molecule has 2 heterocycles. The fourth-order valence-corrected chi connectivity index (χ4v) is 5.49. The molecule has 0 bridgehead atoms. The number of carbonyl (C=O) groups is 1. The van der Waals surface area contributed by atoms with Gasteiger partial charge >= 0.3 is 0 Å². The Balaban J connectivity index is 1.51. The van der Waals surface area contributed by atoms with Crippen molar-refractivity contribution >= 4 is 50.0 Å². The molecule has 1 aliphatic heterocycles. The highest BCUT2D eigenvalue weighted by Crippen LogP contribution is 2.27. The lowest BCUT2D eigenvalue weighted by Crippen LogP contribution is -2.50. The quantitative estimate of drug-likeness (QED) is 0.548. The van der Waals surface area contributed by atoms with Crippen LogP contribution in [-0.4, -0.2) is 61.8 Å². The number of fused-ring (bicyclic) bond motifs is 1. The molecule has 3 aromatic rings. The lowest BCUT2D eigenvalue weighted by molar-refractivity contribution is 0.0697. The third-order valence-electron chi connectivity index (χ3n) is 5.50. The maximum absolute atomic E-state index is 13.2. The SMILES string of the molecule is COc1ccc2cc(C(=O)N3CCN(S(=O)(=O)c4ccc(Cl)c(Cl)c4)CC3)c(C)nc2c1. The minimum absolute atomic E-state index is 0.0803. The van der Waals surface area contributed by atoms with Crippen molar-refractivity contribution in [3.63, 3.8) is 0 Å². The van der Waals surface area contributed by atoms with E-state index >= 15 is 0 Å². The molecule has 10 heteroatoms. The maximum atomic E-state index is 13.2. The highest BCUT2D eigenvalue weighted by atomic mass is 35.5. The molecule has 0 N–H and O–H groups in total. The number of sulfonamides is 1. The average Bonchev–Trinajstić information content (AvgIpc) is 2.79. The van der Waals surface area contributed by atoms with Gasteiger partial charge in [-0.15, -0.1) is 0 Å². The van der Waals surface area contributed by atoms with Gasteiger partial charge in [-0.1, -0.05) is 23.2 Å². The summed E-state index contributed by atoms with van der Waals surface area (Å²) in [5, 5.41) is 1.30. The lowest BCUT2D eigenvalue weighted by atomic mass is 10.1. The van der Waals surface area contributed by atoms with E-state index in [1.165, 1.54) is 22.5 Å². The van der Waals surface area contributed by atoms with Crippen LogP contribution in [0.4, 0.5) is 0 Å². The van der Waals surface area contributed by atoms with Gasteiger partial charge in [0.1, 0.15) is 5.75 Å². The topological polar surface area (TPSA) is 79.8 Å². The molecule has 0 unspecified atom stereocenters. The zero-order valence-corrected chi connectivity index (χ0v) is 19.8. The van der Waals surface area contributed by atoms with E-state index < -0.39 is 10.0 Å². The summed E-state index contributed by atoms with van der Waals surface area (Å²) in [6.45, 7) is 2.72. The second-order valence-electron chi connectivity index (χ2n) is 7.45. The molecule has 7 nitrogen and oxygen atoms in total. The van der Waals surface area contributed by atoms with Crippen molar-refractivity contribution in [1.82, 2.24) is 14.2 Å². The van der Waals surface area contributed by atoms with E-state index in [1.807, 2.05) is 24.3 Å². The number of benzene rings is 2. The predicted molar refractivity (Wildman–Crippen MR) is 124 cm³/mol. The molecule has 0 spiro atoms. The van der Waals surface area contributed by atoms with Gasteiger partial charge in [-0.2, -0.15) is 4.31 Å². The first-order valence-electron chi connectivity index (χ1n) is 9.90. The van der Waals surface area contributed by atoms with E-state index in [1.54, 1.807) is 18.9 Å². The van der Waals surface area contributed by atoms with Crippen molar-refractivity contribution in [2.24, 2.45) is 0 Å². The molecule has 0 saturated carbocycles. The lowest BCUT2D eigenvalue weighted by Gasteiger charge is -2.34. The predicted octanol–water partition coefficient (Wildman–Crippen LogP) is 4.01. The molecular formula is C22H21Cl2N3O4S. The monoisotopic (exact) mass is 493 g/mol. The fourth-order valence-electron chi connectivity index (χ4n) is 3.67. The number of hydrogen-bond acceptors (Lipinski definition) is 5. The fraction of sp³-hybridized carbons (Fsp3) is 0.273. The molecule has 1 aromatic heterocycles. The number of methoxy groups -OCH3 is 1. The van der Waals surface area contributed by atoms with Crippen LogP contribution >= 0.6 is 23.2 Å². The van der Waals surface area contributed by atoms with Crippen molar-refractivity contribution < 1.29 is 17.9 Å². The Bertz CT molecular complexity index is 1310. The van der Waals surface area contributed by atoms with Crippen LogP contribution in [0.5, 0.6) is 5.75 Å². The number of amides is 1. The molecular weight excluding hydrogens is 473 g/mol. The molecule has 1 amide bonds. The van der Waals surface area contributed by atoms with Crippen LogP contribution < -0.4 is 4.74 Å². The molecule has 0 aliphatic carbocycles. The third kappa shape index (κ3) is 4.28. The number of aromatic nitrogens is 1. The van der Waals surface area contributed by atoms with E-state index in [0.717, 1.165) is 10.9 Å². The highest BCUT2D eigenvalue weighted by molar-refractivity contribution is 7.89. The summed E-state index contributed by atoms with van der Waals surface area (Å²) in [5.41, 5.74) is 1.86. The van der Waals surface area contributed by atoms with E-state index in [-0.39, 0.29) is 42.0 Å². The van der Waals surface area contributed by atoms with Gasteiger partial charge in [0.05, 0.1) is 38.8 Å². The average molecular weight is 494 g/mol. The summed E-state index contributed by atoms with van der Waals surface area (Å²) in [5.74, 6) is 0.530. The van der Waals surface area contributed by atoms with E-state index in [2.05, 4.69) is 4.98 Å². The van der Waals surface area contributed by atoms with Crippen molar-refractivity contribution in [3.8, 4) is 5.75 Å². The number of hydrogen-bond donors (Lipinski definition) is 0. The number of piperazine rings is 1. The van der Waals surface area contributed by atoms with Crippen LogP contribution in [0, 0.1) is 6.92 Å². The van der Waals surface area contributed by atoms with Gasteiger partial charge in [-0.25, -0.2) is 8.42 Å². The van der Waals surface area contributed by atoms with Crippen LogP contribution in [-0.2, 0) is 10.0 Å². The molecule has 0 atom stereocenters. The number of carbonyl (C=O) groups excluding carboxylic acids is 1. The Kier molecular flexibility index (Phi) is 6.31. The minimum Gasteiger partial charge on any atom is -0.497 e. The van der Waals surface area contributed by atoms with Crippen LogP contribution in [0.3, 0.4) is 0 Å². The smallest absolute Gasteiger partial charge is 0.255 e. The number of rotatable bonds is 4. The molecule has 0 radical (unpaired) electrons. The molecule has 32 heavy (non-hydrogen) atoms. The summed E-state index contributed by atoms with van der Waals surface area (Å²) >= 11 is 11.9. The highest BCUT2D eigenvalue weighted by Gasteiger charge is 2.31. The van der Waals surface area contributed by atoms with Crippen LogP contribution in [0.25, 0.3) is 10.9 Å². The molecule has 1 aliphatic rings. The summed E-state index contributed by atoms with van der Waals surface area (Å²) < 4.78 is 32.5.